The van der Waals surface area contributed by atoms with Crippen molar-refractivity contribution in [2.75, 3.05) is 13.2 Å². The molecule has 1 saturated heterocycles. The molecule has 116 valence electrons. The predicted octanol–water partition coefficient (Wildman–Crippen LogP) is 1.86. The minimum atomic E-state index is -0.704. The van der Waals surface area contributed by atoms with Gasteiger partial charge in [-0.3, -0.25) is 4.79 Å². The van der Waals surface area contributed by atoms with Crippen LogP contribution in [0, 0.1) is 17.8 Å². The summed E-state index contributed by atoms with van der Waals surface area (Å²) in [6.45, 7) is 3.37. The molecule has 2 aliphatic carbocycles. The van der Waals surface area contributed by atoms with Crippen LogP contribution in [0.5, 0.6) is 0 Å². The van der Waals surface area contributed by atoms with Crippen LogP contribution < -0.4 is 11.1 Å². The Kier molecular flexibility index (Phi) is 4.98. The first-order chi connectivity index (χ1) is 9.08. The van der Waals surface area contributed by atoms with Crippen molar-refractivity contribution in [2.45, 2.75) is 57.0 Å². The molecule has 3 N–H and O–H groups in total. The molecule has 0 spiro atoms. The molecule has 0 radical (unpaired) electrons. The Morgan fingerprint density at radius 2 is 2.00 bits per heavy atom. The summed E-state index contributed by atoms with van der Waals surface area (Å²) in [6.07, 6.45) is 6.72. The van der Waals surface area contributed by atoms with E-state index in [-0.39, 0.29) is 24.4 Å². The van der Waals surface area contributed by atoms with Crippen LogP contribution in [0.15, 0.2) is 0 Å². The van der Waals surface area contributed by atoms with Crippen LogP contribution >= 0.6 is 12.4 Å². The van der Waals surface area contributed by atoms with Gasteiger partial charge in [0.1, 0.15) is 0 Å². The highest BCUT2D eigenvalue weighted by molar-refractivity contribution is 5.86. The fraction of sp³-hybridized carbons (Fsp3) is 0.933. The van der Waals surface area contributed by atoms with E-state index in [0.717, 1.165) is 11.8 Å². The number of nitrogens with one attached hydrogen (secondary N) is 1. The first-order valence-corrected chi connectivity index (χ1v) is 7.76. The standard InChI is InChI=1S/C15H26N2O2.ClH/c1-10(13-9-11-2-3-12(13)8-11)17-14(18)15(16)4-6-19-7-5-15;/h10-13H,2-9,16H2,1H3,(H,17,18);1H. The van der Waals surface area contributed by atoms with Crippen LogP contribution in [-0.4, -0.2) is 30.7 Å². The highest BCUT2D eigenvalue weighted by atomic mass is 35.5. The molecule has 2 bridgehead atoms. The van der Waals surface area contributed by atoms with E-state index in [1.54, 1.807) is 0 Å². The number of carbonyl (C=O) groups excluding carboxylic acids is 1. The fourth-order valence-corrected chi connectivity index (χ4v) is 4.33. The van der Waals surface area contributed by atoms with Gasteiger partial charge in [0, 0.05) is 19.3 Å². The van der Waals surface area contributed by atoms with Crippen LogP contribution in [-0.2, 0) is 9.53 Å². The lowest BCUT2D eigenvalue weighted by atomic mass is 9.83. The summed E-state index contributed by atoms with van der Waals surface area (Å²) in [5.41, 5.74) is 5.53. The van der Waals surface area contributed by atoms with E-state index in [9.17, 15) is 4.79 Å². The highest BCUT2D eigenvalue weighted by Gasteiger charge is 2.43. The lowest BCUT2D eigenvalue weighted by Gasteiger charge is -2.35. The molecule has 1 amide bonds. The number of ether oxygens (including phenoxy) is 1. The lowest BCUT2D eigenvalue weighted by molar-refractivity contribution is -0.130. The van der Waals surface area contributed by atoms with Crippen molar-refractivity contribution in [3.63, 3.8) is 0 Å². The summed E-state index contributed by atoms with van der Waals surface area (Å²) in [5.74, 6) is 2.46. The van der Waals surface area contributed by atoms with Crippen LogP contribution in [0.1, 0.15) is 45.4 Å². The number of hydrogen-bond donors (Lipinski definition) is 2. The zero-order valence-electron chi connectivity index (χ0n) is 12.3. The second kappa shape index (κ2) is 6.20. The number of carbonyl (C=O) groups is 1. The van der Waals surface area contributed by atoms with E-state index in [1.807, 2.05) is 0 Å². The predicted molar refractivity (Wildman–Crippen MR) is 80.8 cm³/mol. The van der Waals surface area contributed by atoms with Crippen molar-refractivity contribution in [1.82, 2.24) is 5.32 Å². The second-order valence-corrected chi connectivity index (χ2v) is 6.87. The van der Waals surface area contributed by atoms with Crippen LogP contribution in [0.2, 0.25) is 0 Å². The number of hydrogen-bond acceptors (Lipinski definition) is 3. The van der Waals surface area contributed by atoms with E-state index in [2.05, 4.69) is 12.2 Å². The van der Waals surface area contributed by atoms with Gasteiger partial charge >= 0.3 is 0 Å². The Bertz CT molecular complexity index is 358. The summed E-state index contributed by atoms with van der Waals surface area (Å²) >= 11 is 0. The summed E-state index contributed by atoms with van der Waals surface area (Å²) in [4.78, 5) is 12.4. The van der Waals surface area contributed by atoms with E-state index in [0.29, 0.717) is 32.0 Å². The third kappa shape index (κ3) is 2.97. The zero-order valence-corrected chi connectivity index (χ0v) is 13.1. The molecule has 5 heteroatoms. The van der Waals surface area contributed by atoms with Crippen molar-refractivity contribution in [1.29, 1.82) is 0 Å². The van der Waals surface area contributed by atoms with Gasteiger partial charge in [-0.25, -0.2) is 0 Å². The Morgan fingerprint density at radius 3 is 2.55 bits per heavy atom. The first-order valence-electron chi connectivity index (χ1n) is 7.76. The van der Waals surface area contributed by atoms with Crippen LogP contribution in [0.25, 0.3) is 0 Å². The topological polar surface area (TPSA) is 64.4 Å². The van der Waals surface area contributed by atoms with Crippen molar-refractivity contribution < 1.29 is 9.53 Å². The van der Waals surface area contributed by atoms with Gasteiger partial charge in [0.05, 0.1) is 5.54 Å². The van der Waals surface area contributed by atoms with Crippen molar-refractivity contribution >= 4 is 18.3 Å². The minimum absolute atomic E-state index is 0. The summed E-state index contributed by atoms with van der Waals surface area (Å²) in [7, 11) is 0. The Balaban J connectivity index is 0.00000147. The van der Waals surface area contributed by atoms with Crippen molar-refractivity contribution in [3.8, 4) is 0 Å². The molecule has 2 saturated carbocycles. The summed E-state index contributed by atoms with van der Waals surface area (Å²) < 4.78 is 5.30. The maximum atomic E-state index is 12.4. The number of nitrogens with two attached hydrogens (primary N) is 1. The Labute approximate surface area is 127 Å². The highest BCUT2D eigenvalue weighted by Crippen LogP contribution is 2.49. The molecular formula is C15H27ClN2O2. The smallest absolute Gasteiger partial charge is 0.240 e. The van der Waals surface area contributed by atoms with Gasteiger partial charge in [-0.05, 0) is 56.8 Å². The molecule has 0 aromatic rings. The van der Waals surface area contributed by atoms with Crippen molar-refractivity contribution in [3.05, 3.63) is 0 Å². The number of halogens is 1. The molecule has 0 aromatic heterocycles. The average Bonchev–Trinajstić information content (AvgIpc) is 3.01. The SMILES string of the molecule is CC(NC(=O)C1(N)CCOCC1)C1CC2CCC1C2.Cl. The fourth-order valence-electron chi connectivity index (χ4n) is 4.33. The maximum absolute atomic E-state index is 12.4. The largest absolute Gasteiger partial charge is 0.381 e. The van der Waals surface area contributed by atoms with Crippen LogP contribution in [0.4, 0.5) is 0 Å². The van der Waals surface area contributed by atoms with Crippen LogP contribution in [0.3, 0.4) is 0 Å². The number of fused-ring (bicyclic) bond motifs is 2. The van der Waals surface area contributed by atoms with Gasteiger partial charge in [-0.15, -0.1) is 12.4 Å². The van der Waals surface area contributed by atoms with Gasteiger partial charge < -0.3 is 15.8 Å². The quantitative estimate of drug-likeness (QED) is 0.836. The van der Waals surface area contributed by atoms with E-state index < -0.39 is 5.54 Å². The van der Waals surface area contributed by atoms with E-state index in [4.69, 9.17) is 10.5 Å². The van der Waals surface area contributed by atoms with Crippen molar-refractivity contribution in [2.24, 2.45) is 23.5 Å². The molecule has 1 aliphatic heterocycles. The molecule has 4 unspecified atom stereocenters. The van der Waals surface area contributed by atoms with Gasteiger partial charge in [0.15, 0.2) is 0 Å². The third-order valence-electron chi connectivity index (χ3n) is 5.63. The average molecular weight is 303 g/mol. The molecule has 20 heavy (non-hydrogen) atoms. The van der Waals surface area contributed by atoms with Gasteiger partial charge in [-0.2, -0.15) is 0 Å². The third-order valence-corrected chi connectivity index (χ3v) is 5.63. The lowest BCUT2D eigenvalue weighted by Crippen LogP contribution is -2.59. The Morgan fingerprint density at radius 1 is 1.30 bits per heavy atom. The molecule has 0 aromatic carbocycles. The van der Waals surface area contributed by atoms with Gasteiger partial charge in [0.2, 0.25) is 5.91 Å². The maximum Gasteiger partial charge on any atom is 0.240 e. The summed E-state index contributed by atoms with van der Waals surface area (Å²) in [5, 5.41) is 3.20. The molecule has 3 aliphatic rings. The van der Waals surface area contributed by atoms with Gasteiger partial charge in [0.25, 0.3) is 0 Å². The van der Waals surface area contributed by atoms with Gasteiger partial charge in [-0.1, -0.05) is 6.42 Å². The molecule has 4 nitrogen and oxygen atoms in total. The zero-order chi connectivity index (χ0) is 13.5. The Hall–Kier alpha value is -0.320. The molecule has 4 atom stereocenters. The molecule has 1 heterocycles. The normalized spacial score (nSPS) is 36.2. The molecular weight excluding hydrogens is 276 g/mol. The number of amides is 1. The number of rotatable bonds is 3. The van der Waals surface area contributed by atoms with E-state index in [1.165, 1.54) is 25.7 Å². The second-order valence-electron chi connectivity index (χ2n) is 6.87. The minimum Gasteiger partial charge on any atom is -0.381 e. The summed E-state index contributed by atoms with van der Waals surface area (Å²) in [6, 6.07) is 0.270. The monoisotopic (exact) mass is 302 g/mol. The molecule has 3 fully saturated rings. The van der Waals surface area contributed by atoms with E-state index >= 15 is 0 Å². The molecule has 3 rings (SSSR count). The first kappa shape index (κ1) is 16.1.